The second-order valence-electron chi connectivity index (χ2n) is 3.50. The number of amides is 1. The van der Waals surface area contributed by atoms with Crippen molar-refractivity contribution in [1.82, 2.24) is 24.8 Å². The number of carbonyl (C=O) groups is 1. The molecule has 0 aliphatic carbocycles. The summed E-state index contributed by atoms with van der Waals surface area (Å²) in [5.41, 5.74) is 0. The lowest BCUT2D eigenvalue weighted by Gasteiger charge is -2.06. The third-order valence-corrected chi connectivity index (χ3v) is 2.21. The van der Waals surface area contributed by atoms with Crippen LogP contribution < -0.4 is 5.32 Å². The quantitative estimate of drug-likeness (QED) is 0.830. The first-order valence-corrected chi connectivity index (χ1v) is 5.30. The topological polar surface area (TPSA) is 72.7 Å². The minimum atomic E-state index is -0.0392. The molecule has 0 spiro atoms. The smallest absolute Gasteiger partial charge is 0.216 e. The van der Waals surface area contributed by atoms with Gasteiger partial charge in [0.1, 0.15) is 0 Å². The van der Waals surface area contributed by atoms with Crippen molar-refractivity contribution >= 4 is 5.91 Å². The zero-order valence-corrected chi connectivity index (χ0v) is 9.50. The van der Waals surface area contributed by atoms with E-state index in [1.165, 1.54) is 6.92 Å². The minimum absolute atomic E-state index is 0.0392. The summed E-state index contributed by atoms with van der Waals surface area (Å²) in [6.07, 6.45) is 6.89. The van der Waals surface area contributed by atoms with Crippen molar-refractivity contribution in [2.75, 3.05) is 6.54 Å². The number of rotatable bonds is 4. The van der Waals surface area contributed by atoms with Crippen LogP contribution in [0.25, 0.3) is 11.6 Å². The summed E-state index contributed by atoms with van der Waals surface area (Å²) in [5.74, 6) is 1.25. The van der Waals surface area contributed by atoms with E-state index >= 15 is 0 Å². The van der Waals surface area contributed by atoms with Crippen molar-refractivity contribution in [3.8, 4) is 11.6 Å². The summed E-state index contributed by atoms with van der Waals surface area (Å²) in [6.45, 7) is 2.70. The van der Waals surface area contributed by atoms with Crippen molar-refractivity contribution < 1.29 is 4.79 Å². The Balaban J connectivity index is 2.10. The van der Waals surface area contributed by atoms with Crippen LogP contribution in [0.5, 0.6) is 0 Å². The Kier molecular flexibility index (Phi) is 3.44. The number of carbonyl (C=O) groups excluding carboxylic acids is 1. The summed E-state index contributed by atoms with van der Waals surface area (Å²) >= 11 is 0. The number of nitrogens with zero attached hydrogens (tertiary/aromatic N) is 4. The van der Waals surface area contributed by atoms with Gasteiger partial charge in [-0.15, -0.1) is 0 Å². The van der Waals surface area contributed by atoms with E-state index in [-0.39, 0.29) is 5.91 Å². The summed E-state index contributed by atoms with van der Waals surface area (Å²) in [4.78, 5) is 23.3. The Hall–Kier alpha value is -2.24. The first-order valence-electron chi connectivity index (χ1n) is 5.30. The van der Waals surface area contributed by atoms with Gasteiger partial charge in [0.2, 0.25) is 5.91 Å². The van der Waals surface area contributed by atoms with Crippen molar-refractivity contribution in [1.29, 1.82) is 0 Å². The predicted molar refractivity (Wildman–Crippen MR) is 61.9 cm³/mol. The maximum Gasteiger partial charge on any atom is 0.216 e. The zero-order valence-electron chi connectivity index (χ0n) is 9.50. The third kappa shape index (κ3) is 2.87. The second-order valence-corrected chi connectivity index (χ2v) is 3.50. The van der Waals surface area contributed by atoms with Crippen LogP contribution in [-0.4, -0.2) is 32.0 Å². The SMILES string of the molecule is CC(=O)NCCn1ccnc1-c1ncccn1. The van der Waals surface area contributed by atoms with Crippen LogP contribution in [0.3, 0.4) is 0 Å². The lowest BCUT2D eigenvalue weighted by molar-refractivity contribution is -0.118. The third-order valence-electron chi connectivity index (χ3n) is 2.21. The molecule has 0 aromatic carbocycles. The second kappa shape index (κ2) is 5.20. The lowest BCUT2D eigenvalue weighted by atomic mass is 10.5. The van der Waals surface area contributed by atoms with Crippen molar-refractivity contribution in [3.63, 3.8) is 0 Å². The molecule has 0 fully saturated rings. The molecule has 0 bridgehead atoms. The molecule has 17 heavy (non-hydrogen) atoms. The molecule has 2 aromatic rings. The fourth-order valence-corrected chi connectivity index (χ4v) is 1.46. The van der Waals surface area contributed by atoms with Crippen LogP contribution in [0.4, 0.5) is 0 Å². The molecule has 0 atom stereocenters. The van der Waals surface area contributed by atoms with E-state index in [0.29, 0.717) is 24.7 Å². The van der Waals surface area contributed by atoms with E-state index in [4.69, 9.17) is 0 Å². The highest BCUT2D eigenvalue weighted by atomic mass is 16.1. The Morgan fingerprint density at radius 2 is 2.06 bits per heavy atom. The van der Waals surface area contributed by atoms with Crippen LogP contribution >= 0.6 is 0 Å². The number of imidazole rings is 1. The normalized spacial score (nSPS) is 10.2. The Morgan fingerprint density at radius 1 is 1.29 bits per heavy atom. The van der Waals surface area contributed by atoms with Gasteiger partial charge >= 0.3 is 0 Å². The number of aromatic nitrogens is 4. The molecule has 1 N–H and O–H groups in total. The highest BCUT2D eigenvalue weighted by Gasteiger charge is 2.07. The van der Waals surface area contributed by atoms with Crippen molar-refractivity contribution in [2.45, 2.75) is 13.5 Å². The predicted octanol–water partition coefficient (Wildman–Crippen LogP) is 0.476. The van der Waals surface area contributed by atoms with Gasteiger partial charge in [0, 0.05) is 44.8 Å². The number of hydrogen-bond acceptors (Lipinski definition) is 4. The lowest BCUT2D eigenvalue weighted by Crippen LogP contribution is -2.24. The standard InChI is InChI=1S/C11H13N5O/c1-9(17)12-5-7-16-8-6-15-11(16)10-13-3-2-4-14-10/h2-4,6,8H,5,7H2,1H3,(H,12,17). The first kappa shape index (κ1) is 11.3. The van der Waals surface area contributed by atoms with Crippen molar-refractivity contribution in [3.05, 3.63) is 30.9 Å². The molecule has 0 aliphatic heterocycles. The van der Waals surface area contributed by atoms with Crippen LogP contribution in [-0.2, 0) is 11.3 Å². The van der Waals surface area contributed by atoms with Gasteiger partial charge in [-0.05, 0) is 6.07 Å². The maximum atomic E-state index is 10.8. The highest BCUT2D eigenvalue weighted by molar-refractivity contribution is 5.72. The van der Waals surface area contributed by atoms with Gasteiger partial charge in [-0.2, -0.15) is 0 Å². The average molecular weight is 231 g/mol. The fraction of sp³-hybridized carbons (Fsp3) is 0.273. The average Bonchev–Trinajstić information content (AvgIpc) is 2.78. The number of nitrogens with one attached hydrogen (secondary N) is 1. The molecule has 2 aromatic heterocycles. The van der Waals surface area contributed by atoms with Gasteiger partial charge in [-0.3, -0.25) is 4.79 Å². The van der Waals surface area contributed by atoms with Crippen LogP contribution in [0.2, 0.25) is 0 Å². The molecule has 0 saturated carbocycles. The number of hydrogen-bond donors (Lipinski definition) is 1. The van der Waals surface area contributed by atoms with Gasteiger partial charge in [0.15, 0.2) is 11.6 Å². The van der Waals surface area contributed by atoms with E-state index in [0.717, 1.165) is 0 Å². The molecular weight excluding hydrogens is 218 g/mol. The molecule has 0 saturated heterocycles. The summed E-state index contributed by atoms with van der Waals surface area (Å²) in [7, 11) is 0. The molecule has 0 aliphatic rings. The molecule has 6 nitrogen and oxygen atoms in total. The first-order chi connectivity index (χ1) is 8.27. The van der Waals surface area contributed by atoms with Gasteiger partial charge in [0.25, 0.3) is 0 Å². The molecule has 6 heteroatoms. The Labute approximate surface area is 98.7 Å². The Morgan fingerprint density at radius 3 is 2.76 bits per heavy atom. The Bertz CT molecular complexity index is 494. The molecule has 0 radical (unpaired) electrons. The van der Waals surface area contributed by atoms with E-state index < -0.39 is 0 Å². The molecule has 88 valence electrons. The van der Waals surface area contributed by atoms with Crippen LogP contribution in [0.15, 0.2) is 30.9 Å². The van der Waals surface area contributed by atoms with E-state index in [2.05, 4.69) is 20.3 Å². The van der Waals surface area contributed by atoms with E-state index in [1.807, 2.05) is 10.8 Å². The minimum Gasteiger partial charge on any atom is -0.355 e. The maximum absolute atomic E-state index is 10.8. The molecule has 1 amide bonds. The monoisotopic (exact) mass is 231 g/mol. The van der Waals surface area contributed by atoms with E-state index in [1.54, 1.807) is 24.7 Å². The molecule has 2 heterocycles. The summed E-state index contributed by atoms with van der Waals surface area (Å²) < 4.78 is 1.91. The zero-order chi connectivity index (χ0) is 12.1. The molecule has 2 rings (SSSR count). The highest BCUT2D eigenvalue weighted by Crippen LogP contribution is 2.10. The summed E-state index contributed by atoms with van der Waals surface area (Å²) in [6, 6.07) is 1.76. The van der Waals surface area contributed by atoms with E-state index in [9.17, 15) is 4.79 Å². The largest absolute Gasteiger partial charge is 0.355 e. The van der Waals surface area contributed by atoms with Crippen LogP contribution in [0.1, 0.15) is 6.92 Å². The van der Waals surface area contributed by atoms with Gasteiger partial charge in [-0.25, -0.2) is 15.0 Å². The van der Waals surface area contributed by atoms with Gasteiger partial charge in [-0.1, -0.05) is 0 Å². The van der Waals surface area contributed by atoms with Crippen molar-refractivity contribution in [2.24, 2.45) is 0 Å². The fourth-order valence-electron chi connectivity index (χ4n) is 1.46. The molecule has 0 unspecified atom stereocenters. The van der Waals surface area contributed by atoms with Crippen LogP contribution in [0, 0.1) is 0 Å². The van der Waals surface area contributed by atoms with Gasteiger partial charge in [0.05, 0.1) is 0 Å². The summed E-state index contributed by atoms with van der Waals surface area (Å²) in [5, 5.41) is 2.73. The molecular formula is C11H13N5O. The van der Waals surface area contributed by atoms with Gasteiger partial charge < -0.3 is 9.88 Å².